The van der Waals surface area contributed by atoms with Crippen LogP contribution in [-0.2, 0) is 0 Å². The fourth-order valence-electron chi connectivity index (χ4n) is 2.56. The SMILES string of the molecule is O=[N+]([O-])c1ccc(N2CCN(c3ccccc3F)CC2)nc1. The van der Waals surface area contributed by atoms with E-state index in [-0.39, 0.29) is 11.5 Å². The van der Waals surface area contributed by atoms with E-state index in [2.05, 4.69) is 4.98 Å². The first kappa shape index (κ1) is 14.2. The zero-order chi connectivity index (χ0) is 15.5. The van der Waals surface area contributed by atoms with Crippen molar-refractivity contribution in [1.82, 2.24) is 4.98 Å². The number of rotatable bonds is 3. The molecule has 114 valence electrons. The van der Waals surface area contributed by atoms with Crippen LogP contribution in [0.1, 0.15) is 0 Å². The molecule has 1 aliphatic rings. The van der Waals surface area contributed by atoms with Gasteiger partial charge in [0.15, 0.2) is 0 Å². The predicted octanol–water partition coefficient (Wildman–Crippen LogP) is 2.46. The van der Waals surface area contributed by atoms with Crippen molar-refractivity contribution in [3.05, 3.63) is 58.5 Å². The number of anilines is 2. The number of halogens is 1. The Morgan fingerprint density at radius 2 is 1.73 bits per heavy atom. The van der Waals surface area contributed by atoms with Crippen LogP contribution in [0.15, 0.2) is 42.6 Å². The largest absolute Gasteiger partial charge is 0.366 e. The fraction of sp³-hybridized carbons (Fsp3) is 0.267. The van der Waals surface area contributed by atoms with Crippen LogP contribution in [-0.4, -0.2) is 36.1 Å². The standard InChI is InChI=1S/C15H15FN4O2/c16-13-3-1-2-4-14(13)18-7-9-19(10-8-18)15-6-5-12(11-17-15)20(21)22/h1-6,11H,7-10H2. The monoisotopic (exact) mass is 302 g/mol. The van der Waals surface area contributed by atoms with E-state index in [9.17, 15) is 14.5 Å². The molecule has 1 aromatic carbocycles. The first-order chi connectivity index (χ1) is 10.6. The van der Waals surface area contributed by atoms with Gasteiger partial charge in [0, 0.05) is 32.2 Å². The maximum absolute atomic E-state index is 13.8. The Balaban J connectivity index is 1.66. The van der Waals surface area contributed by atoms with E-state index >= 15 is 0 Å². The van der Waals surface area contributed by atoms with E-state index in [1.165, 1.54) is 18.3 Å². The summed E-state index contributed by atoms with van der Waals surface area (Å²) in [6.07, 6.45) is 1.26. The second kappa shape index (κ2) is 5.97. The van der Waals surface area contributed by atoms with Gasteiger partial charge in [-0.05, 0) is 18.2 Å². The molecule has 2 aromatic rings. The fourth-order valence-corrected chi connectivity index (χ4v) is 2.56. The molecule has 0 atom stereocenters. The Hall–Kier alpha value is -2.70. The number of nitrogens with zero attached hydrogens (tertiary/aromatic N) is 4. The van der Waals surface area contributed by atoms with Crippen molar-refractivity contribution < 1.29 is 9.31 Å². The van der Waals surface area contributed by atoms with E-state index in [4.69, 9.17) is 0 Å². The molecule has 7 heteroatoms. The Morgan fingerprint density at radius 1 is 1.05 bits per heavy atom. The average molecular weight is 302 g/mol. The van der Waals surface area contributed by atoms with E-state index in [1.807, 2.05) is 15.9 Å². The van der Waals surface area contributed by atoms with E-state index in [1.54, 1.807) is 18.2 Å². The third-order valence-corrected chi connectivity index (χ3v) is 3.74. The van der Waals surface area contributed by atoms with Crippen LogP contribution in [0.2, 0.25) is 0 Å². The van der Waals surface area contributed by atoms with Crippen LogP contribution in [0.4, 0.5) is 21.6 Å². The van der Waals surface area contributed by atoms with Crippen molar-refractivity contribution in [3.8, 4) is 0 Å². The minimum atomic E-state index is -0.465. The van der Waals surface area contributed by atoms with Crippen LogP contribution in [0, 0.1) is 15.9 Å². The Bertz CT molecular complexity index is 669. The third-order valence-electron chi connectivity index (χ3n) is 3.74. The van der Waals surface area contributed by atoms with Gasteiger partial charge in [-0.3, -0.25) is 10.1 Å². The Kier molecular flexibility index (Phi) is 3.86. The van der Waals surface area contributed by atoms with Crippen LogP contribution < -0.4 is 9.80 Å². The van der Waals surface area contributed by atoms with Gasteiger partial charge < -0.3 is 9.80 Å². The quantitative estimate of drug-likeness (QED) is 0.644. The van der Waals surface area contributed by atoms with Gasteiger partial charge in [0.1, 0.15) is 17.8 Å². The zero-order valence-corrected chi connectivity index (χ0v) is 11.9. The zero-order valence-electron chi connectivity index (χ0n) is 11.9. The van der Waals surface area contributed by atoms with Gasteiger partial charge >= 0.3 is 0 Å². The maximum Gasteiger partial charge on any atom is 0.287 e. The van der Waals surface area contributed by atoms with Crippen molar-refractivity contribution in [2.45, 2.75) is 0 Å². The highest BCUT2D eigenvalue weighted by atomic mass is 19.1. The van der Waals surface area contributed by atoms with Crippen LogP contribution in [0.3, 0.4) is 0 Å². The Labute approximate surface area is 127 Å². The topological polar surface area (TPSA) is 62.5 Å². The molecule has 0 amide bonds. The molecule has 1 aromatic heterocycles. The van der Waals surface area contributed by atoms with Crippen molar-refractivity contribution in [1.29, 1.82) is 0 Å². The Morgan fingerprint density at radius 3 is 2.32 bits per heavy atom. The molecule has 0 saturated carbocycles. The van der Waals surface area contributed by atoms with Crippen molar-refractivity contribution >= 4 is 17.2 Å². The molecule has 22 heavy (non-hydrogen) atoms. The maximum atomic E-state index is 13.8. The van der Waals surface area contributed by atoms with Gasteiger partial charge in [0.25, 0.3) is 5.69 Å². The third kappa shape index (κ3) is 2.83. The summed E-state index contributed by atoms with van der Waals surface area (Å²) in [6, 6.07) is 9.83. The molecule has 1 fully saturated rings. The summed E-state index contributed by atoms with van der Waals surface area (Å²) in [4.78, 5) is 18.3. The first-order valence-corrected chi connectivity index (χ1v) is 7.00. The summed E-state index contributed by atoms with van der Waals surface area (Å²) in [5.41, 5.74) is 0.590. The summed E-state index contributed by atoms with van der Waals surface area (Å²) < 4.78 is 13.8. The van der Waals surface area contributed by atoms with E-state index in [0.717, 1.165) is 0 Å². The van der Waals surface area contributed by atoms with Crippen LogP contribution in [0.5, 0.6) is 0 Å². The normalized spacial score (nSPS) is 15.0. The summed E-state index contributed by atoms with van der Waals surface area (Å²) in [6.45, 7) is 2.75. The molecular weight excluding hydrogens is 287 g/mol. The number of nitro groups is 1. The van der Waals surface area contributed by atoms with Crippen molar-refractivity contribution in [3.63, 3.8) is 0 Å². The summed E-state index contributed by atoms with van der Waals surface area (Å²) in [5.74, 6) is 0.489. The second-order valence-corrected chi connectivity index (χ2v) is 5.06. The number of benzene rings is 1. The average Bonchev–Trinajstić information content (AvgIpc) is 2.56. The van der Waals surface area contributed by atoms with Crippen LogP contribution in [0.25, 0.3) is 0 Å². The molecule has 3 rings (SSSR count). The lowest BCUT2D eigenvalue weighted by Crippen LogP contribution is -2.47. The van der Waals surface area contributed by atoms with E-state index in [0.29, 0.717) is 37.7 Å². The molecule has 6 nitrogen and oxygen atoms in total. The molecule has 0 unspecified atom stereocenters. The number of hydrogen-bond donors (Lipinski definition) is 0. The molecule has 0 aliphatic carbocycles. The lowest BCUT2D eigenvalue weighted by Gasteiger charge is -2.36. The summed E-state index contributed by atoms with van der Waals surface area (Å²) in [7, 11) is 0. The van der Waals surface area contributed by atoms with Crippen LogP contribution >= 0.6 is 0 Å². The van der Waals surface area contributed by atoms with Crippen molar-refractivity contribution in [2.24, 2.45) is 0 Å². The predicted molar refractivity (Wildman–Crippen MR) is 81.7 cm³/mol. The molecule has 0 bridgehead atoms. The van der Waals surface area contributed by atoms with Gasteiger partial charge in [0.2, 0.25) is 0 Å². The number of para-hydroxylation sites is 1. The lowest BCUT2D eigenvalue weighted by atomic mass is 10.2. The highest BCUT2D eigenvalue weighted by Crippen LogP contribution is 2.22. The van der Waals surface area contributed by atoms with Gasteiger partial charge in [0.05, 0.1) is 10.6 Å². The molecule has 0 N–H and O–H groups in total. The number of hydrogen-bond acceptors (Lipinski definition) is 5. The minimum Gasteiger partial charge on any atom is -0.366 e. The number of pyridine rings is 1. The lowest BCUT2D eigenvalue weighted by molar-refractivity contribution is -0.385. The number of aromatic nitrogens is 1. The van der Waals surface area contributed by atoms with Gasteiger partial charge in [-0.2, -0.15) is 0 Å². The highest BCUT2D eigenvalue weighted by molar-refractivity contribution is 5.51. The molecule has 0 spiro atoms. The van der Waals surface area contributed by atoms with E-state index < -0.39 is 4.92 Å². The molecule has 1 saturated heterocycles. The highest BCUT2D eigenvalue weighted by Gasteiger charge is 2.20. The van der Waals surface area contributed by atoms with Crippen molar-refractivity contribution in [2.75, 3.05) is 36.0 Å². The summed E-state index contributed by atoms with van der Waals surface area (Å²) in [5, 5.41) is 10.6. The first-order valence-electron chi connectivity index (χ1n) is 7.00. The van der Waals surface area contributed by atoms with Gasteiger partial charge in [-0.1, -0.05) is 12.1 Å². The minimum absolute atomic E-state index is 0.0197. The molecular formula is C15H15FN4O2. The molecule has 0 radical (unpaired) electrons. The summed E-state index contributed by atoms with van der Waals surface area (Å²) >= 11 is 0. The second-order valence-electron chi connectivity index (χ2n) is 5.06. The molecule has 1 aliphatic heterocycles. The van der Waals surface area contributed by atoms with Gasteiger partial charge in [-0.25, -0.2) is 9.37 Å². The number of piperazine rings is 1. The molecule has 2 heterocycles. The smallest absolute Gasteiger partial charge is 0.287 e. The van der Waals surface area contributed by atoms with Gasteiger partial charge in [-0.15, -0.1) is 0 Å².